The summed E-state index contributed by atoms with van der Waals surface area (Å²) in [6, 6.07) is 23.1. The zero-order valence-corrected chi connectivity index (χ0v) is 13.9. The second kappa shape index (κ2) is 8.58. The van der Waals surface area contributed by atoms with Crippen molar-refractivity contribution in [3.8, 4) is 11.5 Å². The molecule has 2 atom stereocenters. The third kappa shape index (κ3) is 4.33. The standard InChI is InChI=1S/C21H17NO4/c23-14-20(25-16-8-3-1-4-9-16)18-12-7-13-19(22-18)21(15-24)26-17-10-5-2-6-11-17/h1-15,20-21H. The van der Waals surface area contributed by atoms with Crippen LogP contribution < -0.4 is 9.47 Å². The van der Waals surface area contributed by atoms with Crippen LogP contribution in [0.5, 0.6) is 11.5 Å². The Kier molecular flexibility index (Phi) is 5.72. The molecule has 2 aromatic carbocycles. The van der Waals surface area contributed by atoms with E-state index in [-0.39, 0.29) is 0 Å². The number of nitrogens with zero attached hydrogens (tertiary/aromatic N) is 1. The average Bonchev–Trinajstić information content (AvgIpc) is 2.72. The van der Waals surface area contributed by atoms with Crippen molar-refractivity contribution < 1.29 is 19.1 Å². The van der Waals surface area contributed by atoms with Gasteiger partial charge in [-0.15, -0.1) is 0 Å². The number of rotatable bonds is 8. The van der Waals surface area contributed by atoms with Gasteiger partial charge in [0.05, 0.1) is 11.4 Å². The number of ether oxygens (including phenoxy) is 2. The molecule has 1 aromatic heterocycles. The molecule has 1 heterocycles. The second-order valence-electron chi connectivity index (χ2n) is 5.46. The maximum atomic E-state index is 11.5. The van der Waals surface area contributed by atoms with Crippen LogP contribution in [0.25, 0.3) is 0 Å². The number of carbonyl (C=O) groups excluding carboxylic acids is 2. The van der Waals surface area contributed by atoms with Gasteiger partial charge < -0.3 is 9.47 Å². The van der Waals surface area contributed by atoms with Crippen LogP contribution in [0.2, 0.25) is 0 Å². The SMILES string of the molecule is O=CC(Oc1ccccc1)c1cccc(C(C=O)Oc2ccccc2)n1. The average molecular weight is 347 g/mol. The summed E-state index contributed by atoms with van der Waals surface area (Å²) in [4.78, 5) is 27.4. The molecule has 0 spiro atoms. The Morgan fingerprint density at radius 2 is 1.04 bits per heavy atom. The Morgan fingerprint density at radius 1 is 0.615 bits per heavy atom. The molecule has 5 nitrogen and oxygen atoms in total. The highest BCUT2D eigenvalue weighted by Gasteiger charge is 2.19. The van der Waals surface area contributed by atoms with Gasteiger partial charge in [-0.25, -0.2) is 4.98 Å². The normalized spacial score (nSPS) is 12.6. The molecule has 3 aromatic rings. The fourth-order valence-electron chi connectivity index (χ4n) is 2.39. The molecule has 0 amide bonds. The van der Waals surface area contributed by atoms with Gasteiger partial charge >= 0.3 is 0 Å². The van der Waals surface area contributed by atoms with Gasteiger partial charge in [-0.3, -0.25) is 9.59 Å². The summed E-state index contributed by atoms with van der Waals surface area (Å²) in [5.41, 5.74) is 0.815. The van der Waals surface area contributed by atoms with Gasteiger partial charge in [-0.05, 0) is 36.4 Å². The summed E-state index contributed by atoms with van der Waals surface area (Å²) in [7, 11) is 0. The minimum absolute atomic E-state index is 0.407. The van der Waals surface area contributed by atoms with Crippen LogP contribution in [-0.4, -0.2) is 17.6 Å². The molecular formula is C21H17NO4. The Balaban J connectivity index is 1.81. The highest BCUT2D eigenvalue weighted by atomic mass is 16.5. The van der Waals surface area contributed by atoms with Gasteiger partial charge in [-0.1, -0.05) is 42.5 Å². The first-order valence-corrected chi connectivity index (χ1v) is 8.11. The summed E-state index contributed by atoms with van der Waals surface area (Å²) in [6.45, 7) is 0. The summed E-state index contributed by atoms with van der Waals surface area (Å²) in [5.74, 6) is 1.12. The first kappa shape index (κ1) is 17.4. The smallest absolute Gasteiger partial charge is 0.195 e. The van der Waals surface area contributed by atoms with Crippen LogP contribution in [0, 0.1) is 0 Å². The van der Waals surface area contributed by atoms with Crippen LogP contribution in [0.4, 0.5) is 0 Å². The first-order valence-electron chi connectivity index (χ1n) is 8.11. The molecule has 0 aliphatic rings. The summed E-state index contributed by atoms with van der Waals surface area (Å²) in [6.07, 6.45) is -0.400. The summed E-state index contributed by atoms with van der Waals surface area (Å²) in [5, 5.41) is 0. The lowest BCUT2D eigenvalue weighted by Gasteiger charge is -2.16. The molecule has 0 N–H and O–H groups in total. The van der Waals surface area contributed by atoms with Gasteiger partial charge in [0.15, 0.2) is 24.8 Å². The van der Waals surface area contributed by atoms with Crippen molar-refractivity contribution in [2.45, 2.75) is 12.2 Å². The van der Waals surface area contributed by atoms with Crippen LogP contribution in [0.3, 0.4) is 0 Å². The number of hydrogen-bond acceptors (Lipinski definition) is 5. The van der Waals surface area contributed by atoms with E-state index >= 15 is 0 Å². The monoisotopic (exact) mass is 347 g/mol. The highest BCUT2D eigenvalue weighted by Crippen LogP contribution is 2.23. The lowest BCUT2D eigenvalue weighted by Crippen LogP contribution is -2.15. The van der Waals surface area contributed by atoms with Gasteiger partial charge in [0.1, 0.15) is 11.5 Å². The van der Waals surface area contributed by atoms with Crippen molar-refractivity contribution in [1.82, 2.24) is 4.98 Å². The van der Waals surface area contributed by atoms with Crippen molar-refractivity contribution in [2.75, 3.05) is 0 Å². The molecule has 0 saturated carbocycles. The van der Waals surface area contributed by atoms with E-state index in [0.717, 1.165) is 0 Å². The van der Waals surface area contributed by atoms with Crippen molar-refractivity contribution in [3.63, 3.8) is 0 Å². The van der Waals surface area contributed by atoms with E-state index in [1.54, 1.807) is 42.5 Å². The van der Waals surface area contributed by atoms with Crippen molar-refractivity contribution in [2.24, 2.45) is 0 Å². The van der Waals surface area contributed by atoms with Crippen molar-refractivity contribution >= 4 is 12.6 Å². The van der Waals surface area contributed by atoms with Crippen LogP contribution in [-0.2, 0) is 9.59 Å². The molecule has 2 unspecified atom stereocenters. The quantitative estimate of drug-likeness (QED) is 0.581. The fraction of sp³-hybridized carbons (Fsp3) is 0.0952. The minimum Gasteiger partial charge on any atom is -0.477 e. The Hall–Kier alpha value is -3.47. The molecule has 3 rings (SSSR count). The zero-order valence-electron chi connectivity index (χ0n) is 13.9. The Bertz CT molecular complexity index is 783. The van der Waals surface area contributed by atoms with E-state index in [1.807, 2.05) is 36.4 Å². The number of carbonyl (C=O) groups is 2. The van der Waals surface area contributed by atoms with Crippen LogP contribution in [0.15, 0.2) is 78.9 Å². The van der Waals surface area contributed by atoms with Gasteiger partial charge in [0.25, 0.3) is 0 Å². The van der Waals surface area contributed by atoms with Gasteiger partial charge in [0.2, 0.25) is 0 Å². The lowest BCUT2D eigenvalue weighted by molar-refractivity contribution is -0.114. The maximum absolute atomic E-state index is 11.5. The molecule has 5 heteroatoms. The van der Waals surface area contributed by atoms with Crippen molar-refractivity contribution in [3.05, 3.63) is 90.3 Å². The second-order valence-corrected chi connectivity index (χ2v) is 5.46. The predicted octanol–water partition coefficient (Wildman–Crippen LogP) is 3.72. The van der Waals surface area contributed by atoms with E-state index in [0.29, 0.717) is 35.5 Å². The van der Waals surface area contributed by atoms with E-state index in [4.69, 9.17) is 9.47 Å². The van der Waals surface area contributed by atoms with Crippen molar-refractivity contribution in [1.29, 1.82) is 0 Å². The molecular weight excluding hydrogens is 330 g/mol. The Labute approximate surface area is 151 Å². The maximum Gasteiger partial charge on any atom is 0.195 e. The number of aromatic nitrogens is 1. The fourth-order valence-corrected chi connectivity index (χ4v) is 2.39. The highest BCUT2D eigenvalue weighted by molar-refractivity contribution is 5.61. The van der Waals surface area contributed by atoms with E-state index in [1.165, 1.54) is 0 Å². The largest absolute Gasteiger partial charge is 0.477 e. The van der Waals surface area contributed by atoms with Crippen LogP contribution in [0.1, 0.15) is 23.6 Å². The topological polar surface area (TPSA) is 65.5 Å². The van der Waals surface area contributed by atoms with Gasteiger partial charge in [-0.2, -0.15) is 0 Å². The van der Waals surface area contributed by atoms with Crippen LogP contribution >= 0.6 is 0 Å². The molecule has 0 bridgehead atoms. The minimum atomic E-state index is -0.874. The third-order valence-electron chi connectivity index (χ3n) is 3.63. The predicted molar refractivity (Wildman–Crippen MR) is 96.0 cm³/mol. The molecule has 130 valence electrons. The molecule has 0 radical (unpaired) electrons. The van der Waals surface area contributed by atoms with E-state index in [2.05, 4.69) is 4.98 Å². The number of para-hydroxylation sites is 2. The number of pyridine rings is 1. The first-order chi connectivity index (χ1) is 12.8. The van der Waals surface area contributed by atoms with E-state index in [9.17, 15) is 9.59 Å². The molecule has 0 saturated heterocycles. The molecule has 0 aliphatic carbocycles. The van der Waals surface area contributed by atoms with E-state index < -0.39 is 12.2 Å². The zero-order chi connectivity index (χ0) is 18.2. The number of benzene rings is 2. The third-order valence-corrected chi connectivity index (χ3v) is 3.63. The molecule has 26 heavy (non-hydrogen) atoms. The molecule has 0 fully saturated rings. The number of aldehydes is 2. The lowest BCUT2D eigenvalue weighted by atomic mass is 10.2. The summed E-state index contributed by atoms with van der Waals surface area (Å²) >= 11 is 0. The molecule has 0 aliphatic heterocycles. The number of hydrogen-bond donors (Lipinski definition) is 0. The summed E-state index contributed by atoms with van der Waals surface area (Å²) < 4.78 is 11.4. The van der Waals surface area contributed by atoms with Gasteiger partial charge in [0, 0.05) is 0 Å². The Morgan fingerprint density at radius 3 is 1.42 bits per heavy atom.